The number of unbranched alkanes of at least 4 members (excludes halogenated alkanes) is 35. The third-order valence-corrected chi connectivity index (χ3v) is 13.9. The molecule has 6 nitrogen and oxygen atoms in total. The molecule has 0 unspecified atom stereocenters. The van der Waals surface area contributed by atoms with Crippen molar-refractivity contribution in [2.75, 3.05) is 52.4 Å². The molecule has 2 amide bonds. The van der Waals surface area contributed by atoms with Crippen molar-refractivity contribution < 1.29 is 14.7 Å². The van der Waals surface area contributed by atoms with E-state index in [-0.39, 0.29) is 0 Å². The molecule has 0 fully saturated rings. The van der Waals surface area contributed by atoms with E-state index in [1.807, 2.05) is 0 Å². The van der Waals surface area contributed by atoms with Crippen LogP contribution in [0.25, 0.3) is 0 Å². The Bertz CT molecular complexity index is 832. The summed E-state index contributed by atoms with van der Waals surface area (Å²) in [5.74, 6) is 0.836. The number of hydrogen-bond acceptors (Lipinski definition) is 4. The lowest BCUT2D eigenvalue weighted by molar-refractivity contribution is -0.132. The zero-order valence-electron chi connectivity index (χ0n) is 44.4. The number of rotatable bonds is 54. The van der Waals surface area contributed by atoms with Crippen molar-refractivity contribution in [2.45, 2.75) is 310 Å². The zero-order valence-corrected chi connectivity index (χ0v) is 44.4. The first kappa shape index (κ1) is 62.9. The van der Waals surface area contributed by atoms with Gasteiger partial charge in [-0.2, -0.15) is 0 Å². The lowest BCUT2D eigenvalue weighted by Gasteiger charge is -2.23. The van der Waals surface area contributed by atoms with Gasteiger partial charge in [-0.15, -0.1) is 0 Å². The summed E-state index contributed by atoms with van der Waals surface area (Å²) in [7, 11) is 0. The van der Waals surface area contributed by atoms with Crippen LogP contribution < -0.4 is 0 Å². The molecule has 64 heavy (non-hydrogen) atoms. The van der Waals surface area contributed by atoms with Gasteiger partial charge in [0.2, 0.25) is 11.8 Å². The van der Waals surface area contributed by atoms with Crippen LogP contribution in [0.15, 0.2) is 0 Å². The molecule has 0 aromatic heterocycles. The standard InChI is InChI=1S/C58H117N3O3/c1-5-9-13-17-31-42-52-60(53-43-32-18-14-10-6-2)57(63)47-37-27-23-21-25-29-39-49-59(51-41-35-36-46-56-62)50-40-30-26-22-24-28-38-48-58(64)61(54-44-33-19-15-11-7-3)55-45-34-20-16-12-8-4/h62H,5-56H2,1-4H3. The molecule has 0 rings (SSSR count). The summed E-state index contributed by atoms with van der Waals surface area (Å²) in [5.41, 5.74) is 0. The average molecular weight is 905 g/mol. The highest BCUT2D eigenvalue weighted by molar-refractivity contribution is 5.76. The normalized spacial score (nSPS) is 11.6. The van der Waals surface area contributed by atoms with Crippen LogP contribution in [0.2, 0.25) is 0 Å². The molecular formula is C58H117N3O3. The highest BCUT2D eigenvalue weighted by atomic mass is 16.3. The molecule has 0 aliphatic rings. The van der Waals surface area contributed by atoms with Crippen molar-refractivity contribution in [2.24, 2.45) is 0 Å². The van der Waals surface area contributed by atoms with Gasteiger partial charge >= 0.3 is 0 Å². The van der Waals surface area contributed by atoms with Crippen LogP contribution in [0, 0.1) is 0 Å². The fourth-order valence-electron chi connectivity index (χ4n) is 9.50. The van der Waals surface area contributed by atoms with Crippen molar-refractivity contribution in [3.05, 3.63) is 0 Å². The fourth-order valence-corrected chi connectivity index (χ4v) is 9.50. The minimum absolute atomic E-state index is 0.324. The van der Waals surface area contributed by atoms with Crippen molar-refractivity contribution in [1.29, 1.82) is 0 Å². The predicted octanol–water partition coefficient (Wildman–Crippen LogP) is 17.2. The Morgan fingerprint density at radius 3 is 0.719 bits per heavy atom. The number of carbonyl (C=O) groups is 2. The van der Waals surface area contributed by atoms with E-state index in [2.05, 4.69) is 42.4 Å². The lowest BCUT2D eigenvalue weighted by atomic mass is 10.1. The molecule has 0 saturated heterocycles. The van der Waals surface area contributed by atoms with E-state index in [1.165, 1.54) is 264 Å². The van der Waals surface area contributed by atoms with Crippen LogP contribution in [0.5, 0.6) is 0 Å². The predicted molar refractivity (Wildman–Crippen MR) is 283 cm³/mol. The van der Waals surface area contributed by atoms with Gasteiger partial charge in [0.1, 0.15) is 0 Å². The Kier molecular flexibility index (Phi) is 51.9. The molecule has 1 N–H and O–H groups in total. The Morgan fingerprint density at radius 2 is 0.469 bits per heavy atom. The van der Waals surface area contributed by atoms with Gasteiger partial charge in [0.25, 0.3) is 0 Å². The van der Waals surface area contributed by atoms with Crippen LogP contribution in [-0.2, 0) is 9.59 Å². The lowest BCUT2D eigenvalue weighted by Crippen LogP contribution is -2.32. The van der Waals surface area contributed by atoms with Crippen molar-refractivity contribution in [3.8, 4) is 0 Å². The monoisotopic (exact) mass is 904 g/mol. The molecule has 0 aromatic rings. The van der Waals surface area contributed by atoms with E-state index in [0.29, 0.717) is 18.4 Å². The first-order chi connectivity index (χ1) is 31.5. The number of aliphatic hydroxyl groups excluding tert-OH is 1. The molecule has 0 aromatic carbocycles. The van der Waals surface area contributed by atoms with Gasteiger partial charge in [-0.05, 0) is 83.8 Å². The summed E-state index contributed by atoms with van der Waals surface area (Å²) in [6.07, 6.45) is 54.6. The van der Waals surface area contributed by atoms with Crippen molar-refractivity contribution in [1.82, 2.24) is 14.7 Å². The highest BCUT2D eigenvalue weighted by Crippen LogP contribution is 2.17. The molecule has 0 saturated carbocycles. The molecular weight excluding hydrogens is 787 g/mol. The number of aliphatic hydroxyl groups is 1. The van der Waals surface area contributed by atoms with Crippen LogP contribution >= 0.6 is 0 Å². The highest BCUT2D eigenvalue weighted by Gasteiger charge is 2.14. The van der Waals surface area contributed by atoms with Gasteiger partial charge in [0, 0.05) is 45.6 Å². The fraction of sp³-hybridized carbons (Fsp3) is 0.966. The first-order valence-corrected chi connectivity index (χ1v) is 29.4. The SMILES string of the molecule is CCCCCCCCN(CCCCCCCC)C(=O)CCCCCCCCCN(CCCCCCO)CCCCCCCCCC(=O)N(CCCCCCCC)CCCCCCCC. The third-order valence-electron chi connectivity index (χ3n) is 13.9. The molecule has 6 heteroatoms. The molecule has 382 valence electrons. The molecule has 0 bridgehead atoms. The van der Waals surface area contributed by atoms with E-state index in [0.717, 1.165) is 64.7 Å². The van der Waals surface area contributed by atoms with E-state index in [4.69, 9.17) is 0 Å². The second-order valence-corrected chi connectivity index (χ2v) is 20.3. The van der Waals surface area contributed by atoms with E-state index >= 15 is 0 Å². The second kappa shape index (κ2) is 52.8. The van der Waals surface area contributed by atoms with E-state index < -0.39 is 0 Å². The number of carbonyl (C=O) groups excluding carboxylic acids is 2. The molecule has 0 aliphatic heterocycles. The summed E-state index contributed by atoms with van der Waals surface area (Å²) in [6, 6.07) is 0. The molecule has 0 aliphatic carbocycles. The Morgan fingerprint density at radius 1 is 0.266 bits per heavy atom. The maximum absolute atomic E-state index is 13.2. The topological polar surface area (TPSA) is 64.1 Å². The number of nitrogens with zero attached hydrogens (tertiary/aromatic N) is 3. The summed E-state index contributed by atoms with van der Waals surface area (Å²) in [4.78, 5) is 33.7. The van der Waals surface area contributed by atoms with Gasteiger partial charge in [0.05, 0.1) is 0 Å². The van der Waals surface area contributed by atoms with Crippen LogP contribution in [-0.4, -0.2) is 84.0 Å². The zero-order chi connectivity index (χ0) is 46.7. The van der Waals surface area contributed by atoms with Gasteiger partial charge in [-0.1, -0.05) is 233 Å². The minimum Gasteiger partial charge on any atom is -0.396 e. The first-order valence-electron chi connectivity index (χ1n) is 29.4. The Labute approximate surface area is 402 Å². The Hall–Kier alpha value is -1.14. The van der Waals surface area contributed by atoms with Gasteiger partial charge in [-0.3, -0.25) is 9.59 Å². The summed E-state index contributed by atoms with van der Waals surface area (Å²) in [6.45, 7) is 17.0. The van der Waals surface area contributed by atoms with Crippen molar-refractivity contribution in [3.63, 3.8) is 0 Å². The maximum atomic E-state index is 13.2. The van der Waals surface area contributed by atoms with E-state index in [9.17, 15) is 14.7 Å². The molecule has 0 atom stereocenters. The average Bonchev–Trinajstić information content (AvgIpc) is 3.30. The second-order valence-electron chi connectivity index (χ2n) is 20.3. The van der Waals surface area contributed by atoms with Gasteiger partial charge in [0.15, 0.2) is 0 Å². The number of amides is 2. The Balaban J connectivity index is 4.39. The van der Waals surface area contributed by atoms with Crippen LogP contribution in [0.1, 0.15) is 310 Å². The largest absolute Gasteiger partial charge is 0.396 e. The molecule has 0 spiro atoms. The quantitative estimate of drug-likeness (QED) is 0.0618. The van der Waals surface area contributed by atoms with Crippen LogP contribution in [0.4, 0.5) is 0 Å². The third kappa shape index (κ3) is 44.7. The molecule has 0 radical (unpaired) electrons. The van der Waals surface area contributed by atoms with Gasteiger partial charge in [-0.25, -0.2) is 0 Å². The summed E-state index contributed by atoms with van der Waals surface area (Å²) in [5, 5.41) is 9.22. The van der Waals surface area contributed by atoms with Crippen LogP contribution in [0.3, 0.4) is 0 Å². The number of hydrogen-bond donors (Lipinski definition) is 1. The van der Waals surface area contributed by atoms with E-state index in [1.54, 1.807) is 0 Å². The van der Waals surface area contributed by atoms with Gasteiger partial charge < -0.3 is 19.8 Å². The molecule has 0 heterocycles. The van der Waals surface area contributed by atoms with Crippen molar-refractivity contribution >= 4 is 11.8 Å². The maximum Gasteiger partial charge on any atom is 0.222 e. The summed E-state index contributed by atoms with van der Waals surface area (Å²) < 4.78 is 0. The summed E-state index contributed by atoms with van der Waals surface area (Å²) >= 11 is 0. The smallest absolute Gasteiger partial charge is 0.222 e. The minimum atomic E-state index is 0.324.